The van der Waals surface area contributed by atoms with Crippen LogP contribution < -0.4 is 0 Å². The first-order valence-electron chi connectivity index (χ1n) is 5.46. The zero-order valence-electron chi connectivity index (χ0n) is 10.4. The Bertz CT molecular complexity index is 603. The molecule has 0 aliphatic rings. The Kier molecular flexibility index (Phi) is 5.34. The monoisotopic (exact) mass is 369 g/mol. The number of hydrogen-bond acceptors (Lipinski definition) is 4. The second kappa shape index (κ2) is 6.19. The molecule has 0 bridgehead atoms. The Morgan fingerprint density at radius 3 is 2.53 bits per heavy atom. The van der Waals surface area contributed by atoms with Gasteiger partial charge in [-0.25, -0.2) is 8.42 Å². The second-order valence-corrected chi connectivity index (χ2v) is 7.73. The Labute approximate surface area is 125 Å². The molecule has 19 heavy (non-hydrogen) atoms. The number of sulfone groups is 1. The summed E-state index contributed by atoms with van der Waals surface area (Å²) in [6.07, 6.45) is 0.326. The molecule has 0 heterocycles. The van der Waals surface area contributed by atoms with Crippen molar-refractivity contribution in [3.8, 4) is 0 Å². The summed E-state index contributed by atoms with van der Waals surface area (Å²) in [7, 11) is -3.55. The molecule has 1 rings (SSSR count). The van der Waals surface area contributed by atoms with Gasteiger partial charge in [-0.3, -0.25) is 10.1 Å². The van der Waals surface area contributed by atoms with E-state index in [2.05, 4.69) is 15.9 Å². The summed E-state index contributed by atoms with van der Waals surface area (Å²) in [5.74, 6) is 0.240. The number of nitro benzene ring substituents is 1. The van der Waals surface area contributed by atoms with Gasteiger partial charge in [0.25, 0.3) is 5.69 Å². The van der Waals surface area contributed by atoms with Gasteiger partial charge in [-0.15, -0.1) is 11.6 Å². The number of nitro groups is 1. The van der Waals surface area contributed by atoms with E-state index >= 15 is 0 Å². The SMILES string of the molecule is Cc1cc(S(=O)(=O)C(C)CCCl)c(Br)cc1[N+](=O)[O-]. The zero-order valence-corrected chi connectivity index (χ0v) is 13.5. The smallest absolute Gasteiger partial charge is 0.258 e. The molecule has 0 amide bonds. The second-order valence-electron chi connectivity index (χ2n) is 4.16. The highest BCUT2D eigenvalue weighted by molar-refractivity contribution is 9.10. The molecule has 5 nitrogen and oxygen atoms in total. The Morgan fingerprint density at radius 2 is 2.05 bits per heavy atom. The molecule has 0 radical (unpaired) electrons. The highest BCUT2D eigenvalue weighted by Gasteiger charge is 2.27. The largest absolute Gasteiger partial charge is 0.273 e. The van der Waals surface area contributed by atoms with Crippen molar-refractivity contribution in [3.05, 3.63) is 32.3 Å². The molecule has 106 valence electrons. The number of aryl methyl sites for hydroxylation is 1. The molecule has 1 aromatic carbocycles. The van der Waals surface area contributed by atoms with Crippen molar-refractivity contribution < 1.29 is 13.3 Å². The van der Waals surface area contributed by atoms with E-state index in [9.17, 15) is 18.5 Å². The van der Waals surface area contributed by atoms with Crippen LogP contribution >= 0.6 is 27.5 Å². The van der Waals surface area contributed by atoms with Gasteiger partial charge < -0.3 is 0 Å². The summed E-state index contributed by atoms with van der Waals surface area (Å²) in [6.45, 7) is 3.08. The number of benzene rings is 1. The van der Waals surface area contributed by atoms with Crippen LogP contribution in [-0.4, -0.2) is 24.5 Å². The highest BCUT2D eigenvalue weighted by Crippen LogP contribution is 2.32. The maximum Gasteiger partial charge on any atom is 0.273 e. The average molecular weight is 371 g/mol. The fraction of sp³-hybridized carbons (Fsp3) is 0.455. The lowest BCUT2D eigenvalue weighted by molar-refractivity contribution is -0.385. The summed E-state index contributed by atoms with van der Waals surface area (Å²) in [5, 5.41) is 10.2. The van der Waals surface area contributed by atoms with Gasteiger partial charge >= 0.3 is 0 Å². The Balaban J connectivity index is 3.37. The molecule has 0 fully saturated rings. The number of hydrogen-bond donors (Lipinski definition) is 0. The summed E-state index contributed by atoms with van der Waals surface area (Å²) >= 11 is 8.65. The fourth-order valence-corrected chi connectivity index (χ4v) is 4.58. The predicted molar refractivity (Wildman–Crippen MR) is 77.5 cm³/mol. The molecule has 0 aliphatic heterocycles. The minimum absolute atomic E-state index is 0.0632. The van der Waals surface area contributed by atoms with Crippen LogP contribution in [0.15, 0.2) is 21.5 Å². The van der Waals surface area contributed by atoms with Gasteiger partial charge in [0, 0.05) is 22.0 Å². The van der Waals surface area contributed by atoms with Crippen LogP contribution in [0.1, 0.15) is 18.9 Å². The number of rotatable bonds is 5. The van der Waals surface area contributed by atoms with Crippen molar-refractivity contribution >= 4 is 43.1 Å². The predicted octanol–water partition coefficient (Wildman–Crippen LogP) is 3.46. The molecule has 0 spiro atoms. The average Bonchev–Trinajstić information content (AvgIpc) is 2.31. The molecule has 0 saturated carbocycles. The van der Waals surface area contributed by atoms with Gasteiger partial charge in [-0.05, 0) is 42.3 Å². The van der Waals surface area contributed by atoms with E-state index in [1.54, 1.807) is 6.92 Å². The summed E-state index contributed by atoms with van der Waals surface area (Å²) < 4.78 is 24.8. The first-order chi connectivity index (χ1) is 8.71. The summed E-state index contributed by atoms with van der Waals surface area (Å²) in [5.41, 5.74) is 0.195. The molecule has 1 atom stereocenters. The van der Waals surface area contributed by atoms with E-state index in [4.69, 9.17) is 11.6 Å². The van der Waals surface area contributed by atoms with E-state index in [0.29, 0.717) is 12.0 Å². The molecular weight excluding hydrogens is 358 g/mol. The van der Waals surface area contributed by atoms with Crippen LogP contribution in [0.25, 0.3) is 0 Å². The third kappa shape index (κ3) is 3.46. The molecule has 8 heteroatoms. The normalized spacial score (nSPS) is 13.3. The molecule has 0 aliphatic carbocycles. The molecular formula is C11H13BrClNO4S. The number of nitrogens with zero attached hydrogens (tertiary/aromatic N) is 1. The van der Waals surface area contributed by atoms with Crippen molar-refractivity contribution in [2.45, 2.75) is 30.4 Å². The van der Waals surface area contributed by atoms with Crippen LogP contribution in [0.2, 0.25) is 0 Å². The third-order valence-electron chi connectivity index (χ3n) is 2.80. The van der Waals surface area contributed by atoms with Crippen LogP contribution in [0, 0.1) is 17.0 Å². The van der Waals surface area contributed by atoms with Gasteiger partial charge in [-0.2, -0.15) is 0 Å². The van der Waals surface area contributed by atoms with Crippen molar-refractivity contribution in [1.29, 1.82) is 0 Å². The van der Waals surface area contributed by atoms with E-state index in [1.807, 2.05) is 0 Å². The summed E-state index contributed by atoms with van der Waals surface area (Å²) in [6, 6.07) is 2.54. The minimum Gasteiger partial charge on any atom is -0.258 e. The van der Waals surface area contributed by atoms with Crippen molar-refractivity contribution in [1.82, 2.24) is 0 Å². The lowest BCUT2D eigenvalue weighted by atomic mass is 10.2. The van der Waals surface area contributed by atoms with Crippen molar-refractivity contribution in [2.24, 2.45) is 0 Å². The molecule has 0 aromatic heterocycles. The first kappa shape index (κ1) is 16.4. The van der Waals surface area contributed by atoms with E-state index in [-0.39, 0.29) is 20.9 Å². The van der Waals surface area contributed by atoms with Gasteiger partial charge in [0.05, 0.1) is 15.1 Å². The van der Waals surface area contributed by atoms with E-state index in [0.717, 1.165) is 0 Å². The highest BCUT2D eigenvalue weighted by atomic mass is 79.9. The fourth-order valence-electron chi connectivity index (χ4n) is 1.58. The van der Waals surface area contributed by atoms with Crippen LogP contribution in [-0.2, 0) is 9.84 Å². The van der Waals surface area contributed by atoms with Gasteiger partial charge in [-0.1, -0.05) is 0 Å². The molecule has 0 N–H and O–H groups in total. The topological polar surface area (TPSA) is 77.3 Å². The quantitative estimate of drug-likeness (QED) is 0.452. The van der Waals surface area contributed by atoms with Gasteiger partial charge in [0.1, 0.15) is 0 Å². The Morgan fingerprint density at radius 1 is 1.47 bits per heavy atom. The van der Waals surface area contributed by atoms with E-state index in [1.165, 1.54) is 19.1 Å². The maximum atomic E-state index is 12.3. The van der Waals surface area contributed by atoms with Gasteiger partial charge in [0.15, 0.2) is 9.84 Å². The number of alkyl halides is 1. The standard InChI is InChI=1S/C11H13BrClNO4S/c1-7-5-11(9(12)6-10(7)14(15)16)19(17,18)8(2)3-4-13/h5-6,8H,3-4H2,1-2H3. The van der Waals surface area contributed by atoms with Crippen molar-refractivity contribution in [3.63, 3.8) is 0 Å². The van der Waals surface area contributed by atoms with Gasteiger partial charge in [0.2, 0.25) is 0 Å². The summed E-state index contributed by atoms with van der Waals surface area (Å²) in [4.78, 5) is 10.3. The molecule has 1 unspecified atom stereocenters. The zero-order chi connectivity index (χ0) is 14.8. The van der Waals surface area contributed by atoms with Crippen molar-refractivity contribution in [2.75, 3.05) is 5.88 Å². The minimum atomic E-state index is -3.55. The molecule has 1 aromatic rings. The lowest BCUT2D eigenvalue weighted by Gasteiger charge is -2.13. The van der Waals surface area contributed by atoms with E-state index < -0.39 is 20.0 Å². The van der Waals surface area contributed by atoms with Crippen LogP contribution in [0.4, 0.5) is 5.69 Å². The molecule has 0 saturated heterocycles. The Hall–Kier alpha value is -0.660. The third-order valence-corrected chi connectivity index (χ3v) is 6.18. The maximum absolute atomic E-state index is 12.3. The lowest BCUT2D eigenvalue weighted by Crippen LogP contribution is -2.19. The number of halogens is 2. The first-order valence-corrected chi connectivity index (χ1v) is 8.33. The van der Waals surface area contributed by atoms with Crippen LogP contribution in [0.5, 0.6) is 0 Å². The van der Waals surface area contributed by atoms with Crippen LogP contribution in [0.3, 0.4) is 0 Å².